The molecule has 0 radical (unpaired) electrons. The molecule has 4 aliphatic rings. The zero-order chi connectivity index (χ0) is 78.0. The van der Waals surface area contributed by atoms with Crippen LogP contribution in [0, 0.1) is 45.1 Å². The summed E-state index contributed by atoms with van der Waals surface area (Å²) in [6.45, 7) is 7.64. The maximum Gasteiger partial charge on any atom is 0.416 e. The molecule has 0 spiro atoms. The zero-order valence-electron chi connectivity index (χ0n) is 58.4. The highest BCUT2D eigenvalue weighted by Gasteiger charge is 2.51. The van der Waals surface area contributed by atoms with Gasteiger partial charge in [0.25, 0.3) is 0 Å². The fourth-order valence-corrected chi connectivity index (χ4v) is 14.6. The third kappa shape index (κ3) is 15.2. The molecule has 16 rings (SSSR count). The van der Waals surface area contributed by atoms with E-state index < -0.39 is 161 Å². The number of fused-ring (bicyclic) bond motifs is 4. The first-order chi connectivity index (χ1) is 51.8. The van der Waals surface area contributed by atoms with Crippen molar-refractivity contribution in [2.24, 2.45) is 0 Å². The van der Waals surface area contributed by atoms with Gasteiger partial charge in [-0.05, 0) is 152 Å². The Labute approximate surface area is 616 Å². The molecule has 109 heavy (non-hydrogen) atoms. The molecule has 26 nitrogen and oxygen atoms in total. The number of hydrogen-bond donors (Lipinski definition) is 11. The van der Waals surface area contributed by atoms with Crippen molar-refractivity contribution in [1.82, 2.24) is 43.2 Å². The third-order valence-corrected chi connectivity index (χ3v) is 21.1. The van der Waals surface area contributed by atoms with Gasteiger partial charge in [-0.3, -0.25) is 0 Å². The van der Waals surface area contributed by atoms with Crippen molar-refractivity contribution < 1.29 is 110 Å². The molecule has 4 aliphatic heterocycles. The quantitative estimate of drug-likeness (QED) is 0.0523. The predicted octanol–water partition coefficient (Wildman–Crippen LogP) is 7.66. The van der Waals surface area contributed by atoms with Gasteiger partial charge >= 0.3 is 6.18 Å². The Kier molecular flexibility index (Phi) is 22.2. The van der Waals surface area contributed by atoms with Gasteiger partial charge in [0.05, 0.1) is 16.2 Å². The van der Waals surface area contributed by atoms with E-state index in [1.165, 1.54) is 41.2 Å². The van der Waals surface area contributed by atoms with Gasteiger partial charge in [-0.1, -0.05) is 48.5 Å². The number of ether oxygens (including phenoxy) is 4. The van der Waals surface area contributed by atoms with Gasteiger partial charge in [-0.15, -0.1) is 0 Å². The van der Waals surface area contributed by atoms with E-state index in [0.717, 1.165) is 73.9 Å². The number of rotatable bonds is 12. The predicted molar refractivity (Wildman–Crippen MR) is 377 cm³/mol. The molecular formula is C76H75F6N9O17S. The highest BCUT2D eigenvalue weighted by Crippen LogP contribution is 2.44. The van der Waals surface area contributed by atoms with Crippen molar-refractivity contribution in [3.63, 3.8) is 0 Å². The number of pyridine rings is 3. The molecule has 4 fully saturated rings. The van der Waals surface area contributed by atoms with Crippen LogP contribution in [0.2, 0.25) is 0 Å². The standard InChI is InChI=1S/C20H18F4N2O4.C20H22N2O6S.C19H18F2N2O4.C17H17N3O3/c1-9-2-4-25-18-13(9)3-5-26(18)19-16(29)15(28)17(30-19)14(27)10-6-11(20(22,23)24)8-12(21)7-10;1-11-7-9-21-19-14(11)8-10-22(19)20-17(25)16(24)18(28-20)15(23)12-3-5-13(6-4-12)29(2,26)27;1-9-4-6-22-18-11(9)5-7-23(18)19-16(26)15(25)17(27-19)14(24)10-2-3-12(20)13(21)8-10;1-10-12-7-8-20(16(12)19-9-18-10)17-14(22)13(21)15(23-17)11-5-3-2-4-6-11/h2-8,14-17,19,27-29H,1H3;3-10,15-18,20,23-25H,1-2H3;2-8,14-17,19,24-26H,1H3;2-9,13-15,17,21-22H,1H3. The van der Waals surface area contributed by atoms with Gasteiger partial charge in [0, 0.05) is 71.2 Å². The Morgan fingerprint density at radius 3 is 1.27 bits per heavy atom. The van der Waals surface area contributed by atoms with Crippen molar-refractivity contribution in [3.8, 4) is 0 Å². The van der Waals surface area contributed by atoms with Crippen molar-refractivity contribution in [1.29, 1.82) is 0 Å². The van der Waals surface area contributed by atoms with E-state index in [-0.39, 0.29) is 10.5 Å². The van der Waals surface area contributed by atoms with Gasteiger partial charge in [0.2, 0.25) is 0 Å². The SMILES string of the molecule is Cc1ccnc2c1ccn2C1OC(C(O)c2cc(F)cc(C(F)(F)F)c2)C(O)C1O.Cc1ccnc2c1ccn2C1OC(C(O)c2ccc(F)c(F)c2)C(O)C1O.Cc1ccnc2c1ccn2C1OC(C(O)c2ccc(S(C)(=O)=O)cc2)C(O)C1O.Cc1ncnc2c1ccn2C1OC(c2ccccc2)C(O)C1O. The first-order valence-corrected chi connectivity index (χ1v) is 36.0. The van der Waals surface area contributed by atoms with Crippen LogP contribution in [0.4, 0.5) is 26.3 Å². The summed E-state index contributed by atoms with van der Waals surface area (Å²) in [5.74, 6) is -3.36. The van der Waals surface area contributed by atoms with Crippen LogP contribution in [0.5, 0.6) is 0 Å². The van der Waals surface area contributed by atoms with Crippen molar-refractivity contribution in [2.75, 3.05) is 6.26 Å². The van der Waals surface area contributed by atoms with Crippen LogP contribution in [0.1, 0.15) is 99.5 Å². The van der Waals surface area contributed by atoms with E-state index in [0.29, 0.717) is 40.3 Å². The van der Waals surface area contributed by atoms with Gasteiger partial charge in [0.1, 0.15) is 126 Å². The smallest absolute Gasteiger partial charge is 0.387 e. The third-order valence-electron chi connectivity index (χ3n) is 20.0. The number of halogens is 6. The highest BCUT2D eigenvalue weighted by atomic mass is 32.2. The summed E-state index contributed by atoms with van der Waals surface area (Å²) in [5.41, 5.74) is 5.65. The first kappa shape index (κ1) is 77.7. The average molecular weight is 1530 g/mol. The lowest BCUT2D eigenvalue weighted by Crippen LogP contribution is -2.35. The Balaban J connectivity index is 0.000000128. The second-order valence-corrected chi connectivity index (χ2v) is 29.1. The minimum absolute atomic E-state index is 0.0390. The Morgan fingerprint density at radius 1 is 0.422 bits per heavy atom. The van der Waals surface area contributed by atoms with Crippen LogP contribution in [0.3, 0.4) is 0 Å². The fraction of sp³-hybridized carbons (Fsp3) is 0.329. The van der Waals surface area contributed by atoms with E-state index in [4.69, 9.17) is 18.9 Å². The summed E-state index contributed by atoms with van der Waals surface area (Å²) in [6.07, 6.45) is -13.8. The number of hydrogen-bond acceptors (Lipinski definition) is 22. The summed E-state index contributed by atoms with van der Waals surface area (Å²) < 4.78 is 132. The number of alkyl halides is 3. The van der Waals surface area contributed by atoms with E-state index in [1.807, 2.05) is 88.4 Å². The van der Waals surface area contributed by atoms with Gasteiger partial charge in [-0.25, -0.2) is 46.5 Å². The lowest BCUT2D eigenvalue weighted by molar-refractivity contribution is -0.138. The summed E-state index contributed by atoms with van der Waals surface area (Å²) in [6, 6.07) is 32.5. The second kappa shape index (κ2) is 31.1. The number of aromatic nitrogens is 9. The minimum atomic E-state index is -4.82. The maximum atomic E-state index is 13.7. The minimum Gasteiger partial charge on any atom is -0.387 e. The van der Waals surface area contributed by atoms with E-state index in [9.17, 15) is 90.9 Å². The summed E-state index contributed by atoms with van der Waals surface area (Å²) in [7, 11) is -3.36. The number of aliphatic hydroxyl groups excluding tert-OH is 11. The summed E-state index contributed by atoms with van der Waals surface area (Å²) in [4.78, 5) is 21.4. The van der Waals surface area contributed by atoms with Crippen LogP contribution in [0.25, 0.3) is 44.1 Å². The number of sulfone groups is 1. The van der Waals surface area contributed by atoms with Crippen molar-refractivity contribution in [2.45, 2.75) is 155 Å². The molecule has 0 amide bonds. The Hall–Kier alpha value is -9.50. The molecule has 19 unspecified atom stereocenters. The topological polar surface area (TPSA) is 378 Å². The lowest BCUT2D eigenvalue weighted by Gasteiger charge is -2.22. The van der Waals surface area contributed by atoms with E-state index in [2.05, 4.69) is 24.9 Å². The molecule has 8 aromatic heterocycles. The molecule has 0 bridgehead atoms. The van der Waals surface area contributed by atoms with E-state index >= 15 is 0 Å². The first-order valence-electron chi connectivity index (χ1n) is 34.1. The van der Waals surface area contributed by atoms with Crippen LogP contribution < -0.4 is 0 Å². The van der Waals surface area contributed by atoms with Gasteiger partial charge < -0.3 is 93.4 Å². The molecule has 4 saturated heterocycles. The van der Waals surface area contributed by atoms with Crippen LogP contribution in [-0.4, -0.2) is 181 Å². The molecule has 4 aromatic carbocycles. The Bertz CT molecular complexity index is 5370. The highest BCUT2D eigenvalue weighted by molar-refractivity contribution is 7.90. The molecule has 12 aromatic rings. The molecule has 33 heteroatoms. The summed E-state index contributed by atoms with van der Waals surface area (Å²) >= 11 is 0. The van der Waals surface area contributed by atoms with Gasteiger partial charge in [0.15, 0.2) is 46.4 Å². The fourth-order valence-electron chi connectivity index (χ4n) is 14.0. The van der Waals surface area contributed by atoms with Crippen LogP contribution >= 0.6 is 0 Å². The van der Waals surface area contributed by atoms with E-state index in [1.54, 1.807) is 69.2 Å². The average Bonchev–Trinajstić information content (AvgIpc) is 1.64. The molecule has 11 N–H and O–H groups in total. The molecule has 0 saturated carbocycles. The zero-order valence-corrected chi connectivity index (χ0v) is 59.2. The summed E-state index contributed by atoms with van der Waals surface area (Å²) in [5, 5.41) is 119. The monoisotopic (exact) mass is 1530 g/mol. The Morgan fingerprint density at radius 2 is 0.826 bits per heavy atom. The number of nitrogens with zero attached hydrogens (tertiary/aromatic N) is 9. The number of benzene rings is 4. The van der Waals surface area contributed by atoms with Crippen LogP contribution in [0.15, 0.2) is 188 Å². The van der Waals surface area contributed by atoms with Crippen LogP contribution in [-0.2, 0) is 35.0 Å². The molecule has 12 heterocycles. The largest absolute Gasteiger partial charge is 0.416 e. The maximum absolute atomic E-state index is 13.7. The molecule has 574 valence electrons. The molecule has 19 atom stereocenters. The number of aliphatic hydroxyl groups is 11. The molecular weight excluding hydrogens is 1460 g/mol. The lowest BCUT2D eigenvalue weighted by atomic mass is 9.97. The number of aryl methyl sites for hydroxylation is 4. The second-order valence-electron chi connectivity index (χ2n) is 27.1. The van der Waals surface area contributed by atoms with Gasteiger partial charge in [-0.2, -0.15) is 13.2 Å². The van der Waals surface area contributed by atoms with Crippen molar-refractivity contribution in [3.05, 3.63) is 251 Å². The normalized spacial score (nSPS) is 26.4. The van der Waals surface area contributed by atoms with Crippen molar-refractivity contribution >= 4 is 54.0 Å². The molecule has 0 aliphatic carbocycles.